The molecule has 0 radical (unpaired) electrons. The van der Waals surface area contributed by atoms with Crippen molar-refractivity contribution < 1.29 is 0 Å². The zero-order chi connectivity index (χ0) is 13.1. The Hall–Kier alpha value is -1.06. The molecule has 1 aliphatic rings. The summed E-state index contributed by atoms with van der Waals surface area (Å²) in [6.45, 7) is 4.29. The molecule has 98 valence electrons. The molecule has 18 heavy (non-hydrogen) atoms. The van der Waals surface area contributed by atoms with Crippen molar-refractivity contribution in [1.82, 2.24) is 4.90 Å². The van der Waals surface area contributed by atoms with Gasteiger partial charge in [-0.05, 0) is 37.4 Å². The van der Waals surface area contributed by atoms with Gasteiger partial charge in [-0.3, -0.25) is 10.3 Å². The second-order valence-corrected chi connectivity index (χ2v) is 5.30. The molecule has 1 unspecified atom stereocenters. The van der Waals surface area contributed by atoms with Gasteiger partial charge in [-0.1, -0.05) is 30.7 Å². The first-order valence-corrected chi connectivity index (χ1v) is 6.86. The van der Waals surface area contributed by atoms with Crippen molar-refractivity contribution in [3.63, 3.8) is 0 Å². The standard InChI is InChI=1S/C14H20ClN3/c1-2-12-4-3-7-18(12)9-11-6-5-10(14(16)17)8-13(11)15/h5-6,8,12H,2-4,7,9H2,1H3,(H3,16,17). The van der Waals surface area contributed by atoms with E-state index in [0.29, 0.717) is 16.6 Å². The fourth-order valence-electron chi connectivity index (χ4n) is 2.63. The Balaban J connectivity index is 2.12. The highest BCUT2D eigenvalue weighted by Crippen LogP contribution is 2.25. The van der Waals surface area contributed by atoms with E-state index in [0.717, 1.165) is 18.7 Å². The van der Waals surface area contributed by atoms with Gasteiger partial charge < -0.3 is 5.73 Å². The molecule has 4 heteroatoms. The molecule has 0 aromatic heterocycles. The van der Waals surface area contributed by atoms with Gasteiger partial charge in [0.05, 0.1) is 0 Å². The predicted molar refractivity (Wildman–Crippen MR) is 76.2 cm³/mol. The molecular weight excluding hydrogens is 246 g/mol. The van der Waals surface area contributed by atoms with Gasteiger partial charge in [0.1, 0.15) is 5.84 Å². The van der Waals surface area contributed by atoms with Crippen LogP contribution in [0.3, 0.4) is 0 Å². The summed E-state index contributed by atoms with van der Waals surface area (Å²) < 4.78 is 0. The van der Waals surface area contributed by atoms with E-state index >= 15 is 0 Å². The van der Waals surface area contributed by atoms with Crippen LogP contribution in [0.15, 0.2) is 18.2 Å². The highest BCUT2D eigenvalue weighted by atomic mass is 35.5. The maximum absolute atomic E-state index is 7.40. The molecule has 1 aromatic rings. The summed E-state index contributed by atoms with van der Waals surface area (Å²) in [4.78, 5) is 2.49. The second kappa shape index (κ2) is 5.72. The van der Waals surface area contributed by atoms with Crippen molar-refractivity contribution in [2.24, 2.45) is 5.73 Å². The van der Waals surface area contributed by atoms with Gasteiger partial charge in [-0.25, -0.2) is 0 Å². The van der Waals surface area contributed by atoms with E-state index in [2.05, 4.69) is 11.8 Å². The van der Waals surface area contributed by atoms with Gasteiger partial charge in [0.25, 0.3) is 0 Å². The zero-order valence-electron chi connectivity index (χ0n) is 10.7. The van der Waals surface area contributed by atoms with Crippen LogP contribution in [0.1, 0.15) is 37.3 Å². The maximum atomic E-state index is 7.40. The topological polar surface area (TPSA) is 53.1 Å². The van der Waals surface area contributed by atoms with E-state index in [1.54, 1.807) is 6.07 Å². The number of benzene rings is 1. The summed E-state index contributed by atoms with van der Waals surface area (Å²) in [6, 6.07) is 6.34. The van der Waals surface area contributed by atoms with E-state index in [-0.39, 0.29) is 5.84 Å². The molecule has 0 saturated carbocycles. The Morgan fingerprint density at radius 3 is 2.94 bits per heavy atom. The first-order valence-electron chi connectivity index (χ1n) is 6.48. The van der Waals surface area contributed by atoms with Gasteiger partial charge in [-0.2, -0.15) is 0 Å². The Labute approximate surface area is 113 Å². The van der Waals surface area contributed by atoms with Crippen LogP contribution >= 0.6 is 11.6 Å². The van der Waals surface area contributed by atoms with Crippen LogP contribution in [-0.4, -0.2) is 23.3 Å². The van der Waals surface area contributed by atoms with Crippen LogP contribution in [0.5, 0.6) is 0 Å². The number of halogens is 1. The number of nitrogens with two attached hydrogens (primary N) is 1. The summed E-state index contributed by atoms with van der Waals surface area (Å²) >= 11 is 6.26. The van der Waals surface area contributed by atoms with Crippen LogP contribution in [0, 0.1) is 5.41 Å². The van der Waals surface area contributed by atoms with Crippen LogP contribution in [0.4, 0.5) is 0 Å². The van der Waals surface area contributed by atoms with Crippen LogP contribution in [0.25, 0.3) is 0 Å². The molecule has 1 fully saturated rings. The predicted octanol–water partition coefficient (Wildman–Crippen LogP) is 3.00. The molecule has 0 bridgehead atoms. The van der Waals surface area contributed by atoms with Gasteiger partial charge in [0, 0.05) is 23.2 Å². The average molecular weight is 266 g/mol. The molecule has 0 amide bonds. The van der Waals surface area contributed by atoms with Crippen molar-refractivity contribution in [3.05, 3.63) is 34.3 Å². The smallest absolute Gasteiger partial charge is 0.122 e. The van der Waals surface area contributed by atoms with Crippen molar-refractivity contribution in [1.29, 1.82) is 5.41 Å². The quantitative estimate of drug-likeness (QED) is 0.650. The third-order valence-electron chi connectivity index (χ3n) is 3.71. The molecule has 1 aromatic carbocycles. The molecule has 1 aliphatic heterocycles. The number of hydrogen-bond donors (Lipinski definition) is 2. The molecule has 1 heterocycles. The summed E-state index contributed by atoms with van der Waals surface area (Å²) in [6.07, 6.45) is 3.77. The number of hydrogen-bond acceptors (Lipinski definition) is 2. The van der Waals surface area contributed by atoms with Gasteiger partial charge in [-0.15, -0.1) is 0 Å². The van der Waals surface area contributed by atoms with Gasteiger partial charge >= 0.3 is 0 Å². The van der Waals surface area contributed by atoms with E-state index in [1.807, 2.05) is 12.1 Å². The summed E-state index contributed by atoms with van der Waals surface area (Å²) in [7, 11) is 0. The van der Waals surface area contributed by atoms with Gasteiger partial charge in [0.15, 0.2) is 0 Å². The summed E-state index contributed by atoms with van der Waals surface area (Å²) in [5.74, 6) is 0.0658. The van der Waals surface area contributed by atoms with Crippen molar-refractivity contribution >= 4 is 17.4 Å². The minimum absolute atomic E-state index is 0.0658. The van der Waals surface area contributed by atoms with Crippen molar-refractivity contribution in [3.8, 4) is 0 Å². The first kappa shape index (κ1) is 13.4. The lowest BCUT2D eigenvalue weighted by Crippen LogP contribution is -2.28. The third kappa shape index (κ3) is 2.85. The Kier molecular flexibility index (Phi) is 4.25. The minimum atomic E-state index is 0.0658. The van der Waals surface area contributed by atoms with Crippen molar-refractivity contribution in [2.45, 2.75) is 38.8 Å². The van der Waals surface area contributed by atoms with Crippen LogP contribution in [0.2, 0.25) is 5.02 Å². The summed E-state index contributed by atoms with van der Waals surface area (Å²) in [5.41, 5.74) is 7.27. The van der Waals surface area contributed by atoms with E-state index in [4.69, 9.17) is 22.7 Å². The molecule has 2 rings (SSSR count). The zero-order valence-corrected chi connectivity index (χ0v) is 11.5. The van der Waals surface area contributed by atoms with Crippen LogP contribution in [-0.2, 0) is 6.54 Å². The number of rotatable bonds is 4. The molecule has 0 spiro atoms. The highest BCUT2D eigenvalue weighted by Gasteiger charge is 2.23. The SMILES string of the molecule is CCC1CCCN1Cc1ccc(C(=N)N)cc1Cl. The lowest BCUT2D eigenvalue weighted by molar-refractivity contribution is 0.240. The van der Waals surface area contributed by atoms with Gasteiger partial charge in [0.2, 0.25) is 0 Å². The third-order valence-corrected chi connectivity index (χ3v) is 4.06. The first-order chi connectivity index (χ1) is 8.61. The molecule has 0 aliphatic carbocycles. The molecule has 3 nitrogen and oxygen atoms in total. The highest BCUT2D eigenvalue weighted by molar-refractivity contribution is 6.31. The van der Waals surface area contributed by atoms with E-state index in [1.165, 1.54) is 19.3 Å². The largest absolute Gasteiger partial charge is 0.384 e. The van der Waals surface area contributed by atoms with Crippen LogP contribution < -0.4 is 5.73 Å². The number of nitrogens with one attached hydrogen (secondary N) is 1. The fourth-order valence-corrected chi connectivity index (χ4v) is 2.87. The van der Waals surface area contributed by atoms with E-state index in [9.17, 15) is 0 Å². The lowest BCUT2D eigenvalue weighted by atomic mass is 10.1. The lowest BCUT2D eigenvalue weighted by Gasteiger charge is -2.23. The average Bonchev–Trinajstić information content (AvgIpc) is 2.78. The number of amidine groups is 1. The number of nitrogen functional groups attached to an aromatic ring is 1. The molecule has 3 N–H and O–H groups in total. The Bertz CT molecular complexity index is 445. The molecular formula is C14H20ClN3. The number of nitrogens with zero attached hydrogens (tertiary/aromatic N) is 1. The molecule has 1 saturated heterocycles. The summed E-state index contributed by atoms with van der Waals surface area (Å²) in [5, 5.41) is 8.11. The normalized spacial score (nSPS) is 20.2. The number of likely N-dealkylation sites (tertiary alicyclic amines) is 1. The second-order valence-electron chi connectivity index (χ2n) is 4.89. The van der Waals surface area contributed by atoms with Crippen molar-refractivity contribution in [2.75, 3.05) is 6.54 Å². The Morgan fingerprint density at radius 1 is 1.56 bits per heavy atom. The monoisotopic (exact) mass is 265 g/mol. The molecule has 1 atom stereocenters. The minimum Gasteiger partial charge on any atom is -0.384 e. The van der Waals surface area contributed by atoms with E-state index < -0.39 is 0 Å². The maximum Gasteiger partial charge on any atom is 0.122 e. The Morgan fingerprint density at radius 2 is 2.33 bits per heavy atom. The fraction of sp³-hybridized carbons (Fsp3) is 0.500.